The van der Waals surface area contributed by atoms with E-state index in [1.54, 1.807) is 13.4 Å². The van der Waals surface area contributed by atoms with Gasteiger partial charge in [0.25, 0.3) is 0 Å². The van der Waals surface area contributed by atoms with Crippen LogP contribution in [0.2, 0.25) is 0 Å². The molecule has 1 aliphatic heterocycles. The van der Waals surface area contributed by atoms with Crippen molar-refractivity contribution in [1.82, 2.24) is 29.9 Å². The number of aromatic amines is 1. The summed E-state index contributed by atoms with van der Waals surface area (Å²) in [7, 11) is 3.63. The predicted molar refractivity (Wildman–Crippen MR) is 128 cm³/mol. The maximum absolute atomic E-state index is 5.89. The van der Waals surface area contributed by atoms with Crippen molar-refractivity contribution in [3.8, 4) is 11.4 Å². The quantitative estimate of drug-likeness (QED) is 0.473. The summed E-state index contributed by atoms with van der Waals surface area (Å²) in [5.41, 5.74) is 4.89. The van der Waals surface area contributed by atoms with Gasteiger partial charge >= 0.3 is 0 Å². The van der Waals surface area contributed by atoms with Gasteiger partial charge in [-0.2, -0.15) is 10.2 Å². The normalized spacial score (nSPS) is 15.7. The molecule has 0 bridgehead atoms. The number of rotatable bonds is 10. The number of aromatic nitrogens is 6. The molecule has 1 fully saturated rings. The van der Waals surface area contributed by atoms with Crippen LogP contribution in [0.3, 0.4) is 0 Å². The van der Waals surface area contributed by atoms with Crippen LogP contribution in [0, 0.1) is 0 Å². The number of ether oxygens (including phenoxy) is 2. The lowest BCUT2D eigenvalue weighted by Gasteiger charge is -2.32. The van der Waals surface area contributed by atoms with Crippen LogP contribution in [0.5, 0.6) is 0 Å². The highest BCUT2D eigenvalue weighted by Gasteiger charge is 2.23. The van der Waals surface area contributed by atoms with E-state index in [0.717, 1.165) is 60.8 Å². The second-order valence-electron chi connectivity index (χ2n) is 8.53. The minimum atomic E-state index is 0.278. The van der Waals surface area contributed by atoms with Gasteiger partial charge < -0.3 is 14.4 Å². The Morgan fingerprint density at radius 2 is 2.09 bits per heavy atom. The van der Waals surface area contributed by atoms with Crippen LogP contribution < -0.4 is 4.90 Å². The number of piperidine rings is 1. The molecule has 9 heteroatoms. The van der Waals surface area contributed by atoms with Crippen LogP contribution in [0.25, 0.3) is 17.5 Å². The lowest BCUT2D eigenvalue weighted by molar-refractivity contribution is 0.00604. The smallest absolute Gasteiger partial charge is 0.132 e. The summed E-state index contributed by atoms with van der Waals surface area (Å²) in [4.78, 5) is 11.4. The SMILES string of the molecule is C=Cc1[nH]nc(-c2cc(N3CCC(OCCOC)CC3)ncn2)c1C[C@H](C)c1cnn(C)c1. The van der Waals surface area contributed by atoms with Gasteiger partial charge in [0, 0.05) is 45.1 Å². The molecule has 1 atom stereocenters. The molecular weight excluding hydrogens is 418 g/mol. The summed E-state index contributed by atoms with van der Waals surface area (Å²) in [6, 6.07) is 2.04. The highest BCUT2D eigenvalue weighted by Crippen LogP contribution is 2.30. The topological polar surface area (TPSA) is 94.0 Å². The van der Waals surface area contributed by atoms with Crippen LogP contribution in [-0.2, 0) is 22.9 Å². The predicted octanol–water partition coefficient (Wildman–Crippen LogP) is 3.22. The molecular formula is C24H33N7O2. The Bertz CT molecular complexity index is 1050. The Morgan fingerprint density at radius 3 is 2.79 bits per heavy atom. The zero-order valence-corrected chi connectivity index (χ0v) is 19.7. The molecule has 0 amide bonds. The fourth-order valence-corrected chi connectivity index (χ4v) is 4.28. The second kappa shape index (κ2) is 10.7. The van der Waals surface area contributed by atoms with Crippen molar-refractivity contribution in [2.24, 2.45) is 7.05 Å². The average molecular weight is 452 g/mol. The molecule has 3 aromatic rings. The third kappa shape index (κ3) is 5.48. The molecule has 0 aliphatic carbocycles. The molecule has 1 saturated heterocycles. The van der Waals surface area contributed by atoms with E-state index in [1.807, 2.05) is 30.1 Å². The van der Waals surface area contributed by atoms with Crippen molar-refractivity contribution in [2.75, 3.05) is 38.3 Å². The number of aryl methyl sites for hydroxylation is 1. The van der Waals surface area contributed by atoms with Gasteiger partial charge in [-0.15, -0.1) is 0 Å². The van der Waals surface area contributed by atoms with Crippen molar-refractivity contribution in [1.29, 1.82) is 0 Å². The second-order valence-corrected chi connectivity index (χ2v) is 8.53. The molecule has 4 heterocycles. The molecule has 176 valence electrons. The van der Waals surface area contributed by atoms with Crippen molar-refractivity contribution >= 4 is 11.9 Å². The van der Waals surface area contributed by atoms with E-state index in [2.05, 4.69) is 49.9 Å². The van der Waals surface area contributed by atoms with E-state index in [9.17, 15) is 0 Å². The molecule has 0 radical (unpaired) electrons. The number of nitrogens with zero attached hydrogens (tertiary/aromatic N) is 6. The van der Waals surface area contributed by atoms with Gasteiger partial charge in [-0.25, -0.2) is 9.97 Å². The van der Waals surface area contributed by atoms with Crippen molar-refractivity contribution < 1.29 is 9.47 Å². The lowest BCUT2D eigenvalue weighted by atomic mass is 9.94. The molecule has 0 aromatic carbocycles. The molecule has 1 N–H and O–H groups in total. The Hall–Kier alpha value is -3.04. The molecule has 1 aliphatic rings. The Kier molecular flexibility index (Phi) is 7.51. The van der Waals surface area contributed by atoms with Crippen LogP contribution in [0.1, 0.15) is 42.5 Å². The summed E-state index contributed by atoms with van der Waals surface area (Å²) in [6.07, 6.45) is 10.5. The lowest BCUT2D eigenvalue weighted by Crippen LogP contribution is -2.37. The number of hydrogen-bond donors (Lipinski definition) is 1. The van der Waals surface area contributed by atoms with E-state index < -0.39 is 0 Å². The van der Waals surface area contributed by atoms with Gasteiger partial charge in [0.05, 0.1) is 36.9 Å². The fourth-order valence-electron chi connectivity index (χ4n) is 4.28. The molecule has 0 spiro atoms. The van der Waals surface area contributed by atoms with Gasteiger partial charge in [0.15, 0.2) is 0 Å². The summed E-state index contributed by atoms with van der Waals surface area (Å²) in [5, 5.41) is 12.0. The zero-order chi connectivity index (χ0) is 23.2. The van der Waals surface area contributed by atoms with Crippen LogP contribution in [-0.4, -0.2) is 69.5 Å². The first-order chi connectivity index (χ1) is 16.1. The van der Waals surface area contributed by atoms with E-state index >= 15 is 0 Å². The van der Waals surface area contributed by atoms with Crippen molar-refractivity contribution in [3.63, 3.8) is 0 Å². The summed E-state index contributed by atoms with van der Waals surface area (Å²) in [5.74, 6) is 1.21. The first-order valence-electron chi connectivity index (χ1n) is 11.4. The number of anilines is 1. The Labute approximate surface area is 194 Å². The largest absolute Gasteiger partial charge is 0.382 e. The molecule has 0 saturated carbocycles. The Morgan fingerprint density at radius 1 is 1.27 bits per heavy atom. The van der Waals surface area contributed by atoms with Gasteiger partial charge in [-0.05, 0) is 36.8 Å². The summed E-state index contributed by atoms with van der Waals surface area (Å²) in [6.45, 7) is 9.23. The summed E-state index contributed by atoms with van der Waals surface area (Å²) >= 11 is 0. The molecule has 0 unspecified atom stereocenters. The van der Waals surface area contributed by atoms with Gasteiger partial charge in [-0.3, -0.25) is 9.78 Å². The number of nitrogens with one attached hydrogen (secondary N) is 1. The first kappa shape index (κ1) is 23.1. The molecule has 9 nitrogen and oxygen atoms in total. The van der Waals surface area contributed by atoms with Crippen LogP contribution in [0.15, 0.2) is 31.4 Å². The summed E-state index contributed by atoms with van der Waals surface area (Å²) < 4.78 is 12.8. The Balaban J connectivity index is 1.49. The van der Waals surface area contributed by atoms with Gasteiger partial charge in [0.2, 0.25) is 0 Å². The minimum absolute atomic E-state index is 0.278. The average Bonchev–Trinajstić information content (AvgIpc) is 3.46. The van der Waals surface area contributed by atoms with E-state index in [1.165, 1.54) is 5.56 Å². The standard InChI is InChI=1S/C24H33N7O2/c1-5-21-20(12-17(2)18-14-27-30(3)15-18)24(29-28-21)22-13-23(26-16-25-22)31-8-6-19(7-9-31)33-11-10-32-4/h5,13-17,19H,1,6-12H2,2-4H3,(H,28,29)/t17-/m0/s1. The van der Waals surface area contributed by atoms with Gasteiger partial charge in [0.1, 0.15) is 17.8 Å². The highest BCUT2D eigenvalue weighted by molar-refractivity contribution is 5.67. The number of methoxy groups -OCH3 is 1. The molecule has 33 heavy (non-hydrogen) atoms. The van der Waals surface area contributed by atoms with Crippen molar-refractivity contribution in [2.45, 2.75) is 38.2 Å². The highest BCUT2D eigenvalue weighted by atomic mass is 16.5. The van der Waals surface area contributed by atoms with E-state index in [-0.39, 0.29) is 12.0 Å². The third-order valence-electron chi connectivity index (χ3n) is 6.21. The third-order valence-corrected chi connectivity index (χ3v) is 6.21. The van der Waals surface area contributed by atoms with Crippen LogP contribution in [0.4, 0.5) is 5.82 Å². The maximum Gasteiger partial charge on any atom is 0.132 e. The fraction of sp³-hybridized carbons (Fsp3) is 0.500. The monoisotopic (exact) mass is 451 g/mol. The first-order valence-corrected chi connectivity index (χ1v) is 11.4. The van der Waals surface area contributed by atoms with Crippen LogP contribution >= 0.6 is 0 Å². The minimum Gasteiger partial charge on any atom is -0.382 e. The van der Waals surface area contributed by atoms with Crippen molar-refractivity contribution in [3.05, 3.63) is 48.2 Å². The maximum atomic E-state index is 5.89. The number of hydrogen-bond acceptors (Lipinski definition) is 7. The number of H-pyrrole nitrogens is 1. The van der Waals surface area contributed by atoms with E-state index in [0.29, 0.717) is 13.2 Å². The zero-order valence-electron chi connectivity index (χ0n) is 19.7. The molecule has 3 aromatic heterocycles. The van der Waals surface area contributed by atoms with Gasteiger partial charge in [-0.1, -0.05) is 13.5 Å². The van der Waals surface area contributed by atoms with E-state index in [4.69, 9.17) is 9.47 Å². The molecule has 4 rings (SSSR count).